The first-order chi connectivity index (χ1) is 5.41. The van der Waals surface area contributed by atoms with Crippen LogP contribution in [0.2, 0.25) is 5.02 Å². The van der Waals surface area contributed by atoms with Gasteiger partial charge >= 0.3 is 7.60 Å². The van der Waals surface area contributed by atoms with Crippen LogP contribution in [0.15, 0.2) is 18.2 Å². The van der Waals surface area contributed by atoms with Gasteiger partial charge in [-0.3, -0.25) is 4.57 Å². The average molecular weight is 207 g/mol. The minimum atomic E-state index is -4.15. The summed E-state index contributed by atoms with van der Waals surface area (Å²) in [6, 6.07) is 4.25. The van der Waals surface area contributed by atoms with E-state index in [2.05, 4.69) is 0 Å². The zero-order chi connectivity index (χ0) is 9.35. The van der Waals surface area contributed by atoms with Crippen molar-refractivity contribution in [3.63, 3.8) is 0 Å². The number of hydrogen-bond acceptors (Lipinski definition) is 1. The molecule has 0 saturated heterocycles. The third kappa shape index (κ3) is 2.08. The van der Waals surface area contributed by atoms with Crippen LogP contribution in [0.5, 0.6) is 0 Å². The lowest BCUT2D eigenvalue weighted by Crippen LogP contribution is -2.03. The second kappa shape index (κ2) is 3.19. The summed E-state index contributed by atoms with van der Waals surface area (Å²) < 4.78 is 10.7. The Bertz CT molecular complexity index is 345. The van der Waals surface area contributed by atoms with Crippen molar-refractivity contribution in [2.24, 2.45) is 0 Å². The van der Waals surface area contributed by atoms with E-state index < -0.39 is 7.60 Å². The SMILES string of the molecule is Cc1ccc(P(=O)(O)O)cc1Cl. The van der Waals surface area contributed by atoms with Crippen molar-refractivity contribution in [1.82, 2.24) is 0 Å². The molecule has 66 valence electrons. The van der Waals surface area contributed by atoms with Gasteiger partial charge in [0.2, 0.25) is 0 Å². The van der Waals surface area contributed by atoms with Gasteiger partial charge in [0, 0.05) is 5.02 Å². The molecule has 0 saturated carbocycles. The maximum Gasteiger partial charge on any atom is 0.356 e. The first-order valence-corrected chi connectivity index (χ1v) is 5.22. The Balaban J connectivity index is 3.23. The van der Waals surface area contributed by atoms with Gasteiger partial charge in [0.15, 0.2) is 0 Å². The Morgan fingerprint density at radius 1 is 1.42 bits per heavy atom. The molecular formula is C7H8ClO3P. The van der Waals surface area contributed by atoms with E-state index in [9.17, 15) is 4.57 Å². The van der Waals surface area contributed by atoms with Crippen LogP contribution in [0.1, 0.15) is 5.56 Å². The molecule has 0 aliphatic heterocycles. The van der Waals surface area contributed by atoms with Gasteiger partial charge in [-0.25, -0.2) is 0 Å². The lowest BCUT2D eigenvalue weighted by atomic mass is 10.2. The highest BCUT2D eigenvalue weighted by molar-refractivity contribution is 7.60. The quantitative estimate of drug-likeness (QED) is 0.684. The third-order valence-electron chi connectivity index (χ3n) is 1.49. The third-order valence-corrected chi connectivity index (χ3v) is 2.85. The van der Waals surface area contributed by atoms with E-state index in [1.54, 1.807) is 13.0 Å². The molecule has 1 aromatic carbocycles. The molecule has 0 aliphatic carbocycles. The molecule has 0 unspecified atom stereocenters. The molecule has 0 aromatic heterocycles. The summed E-state index contributed by atoms with van der Waals surface area (Å²) in [5.74, 6) is 0. The summed E-state index contributed by atoms with van der Waals surface area (Å²) in [5.41, 5.74) is 0.800. The Morgan fingerprint density at radius 3 is 2.42 bits per heavy atom. The van der Waals surface area contributed by atoms with Crippen LogP contribution in [-0.2, 0) is 4.57 Å². The standard InChI is InChI=1S/C7H8ClO3P/c1-5-2-3-6(4-7(5)8)12(9,10)11/h2-4H,1H3,(H2,9,10,11). The van der Waals surface area contributed by atoms with Crippen molar-refractivity contribution in [2.45, 2.75) is 6.92 Å². The summed E-state index contributed by atoms with van der Waals surface area (Å²) >= 11 is 5.68. The predicted octanol–water partition coefficient (Wildman–Crippen LogP) is 1.45. The van der Waals surface area contributed by atoms with E-state index >= 15 is 0 Å². The highest BCUT2D eigenvalue weighted by atomic mass is 35.5. The maximum absolute atomic E-state index is 10.7. The Hall–Kier alpha value is -0.340. The fourth-order valence-corrected chi connectivity index (χ4v) is 1.59. The molecule has 0 radical (unpaired) electrons. The van der Waals surface area contributed by atoms with Gasteiger partial charge in [0.05, 0.1) is 5.30 Å². The highest BCUT2D eigenvalue weighted by Gasteiger charge is 2.17. The van der Waals surface area contributed by atoms with Crippen molar-refractivity contribution in [2.75, 3.05) is 0 Å². The van der Waals surface area contributed by atoms with Crippen molar-refractivity contribution in [1.29, 1.82) is 0 Å². The van der Waals surface area contributed by atoms with Crippen LogP contribution < -0.4 is 5.30 Å². The van der Waals surface area contributed by atoms with E-state index in [0.717, 1.165) is 5.56 Å². The molecule has 0 bridgehead atoms. The molecule has 12 heavy (non-hydrogen) atoms. The summed E-state index contributed by atoms with van der Waals surface area (Å²) in [5, 5.41) is 0.328. The molecule has 0 spiro atoms. The van der Waals surface area contributed by atoms with E-state index in [0.29, 0.717) is 5.02 Å². The zero-order valence-electron chi connectivity index (χ0n) is 6.36. The molecule has 0 aliphatic rings. The second-order valence-corrected chi connectivity index (χ2v) is 4.49. The van der Waals surface area contributed by atoms with Gasteiger partial charge < -0.3 is 9.79 Å². The Morgan fingerprint density at radius 2 is 2.00 bits per heavy atom. The zero-order valence-corrected chi connectivity index (χ0v) is 8.01. The fraction of sp³-hybridized carbons (Fsp3) is 0.143. The van der Waals surface area contributed by atoms with Gasteiger partial charge in [0.1, 0.15) is 0 Å². The molecule has 0 heterocycles. The molecule has 3 nitrogen and oxygen atoms in total. The number of halogens is 1. The smallest absolute Gasteiger partial charge is 0.321 e. The topological polar surface area (TPSA) is 57.5 Å². The number of benzene rings is 1. The van der Waals surface area contributed by atoms with Gasteiger partial charge in [0.25, 0.3) is 0 Å². The minimum absolute atomic E-state index is 0.0434. The monoisotopic (exact) mass is 206 g/mol. The molecular weight excluding hydrogens is 199 g/mol. The summed E-state index contributed by atoms with van der Waals surface area (Å²) in [6.07, 6.45) is 0. The minimum Gasteiger partial charge on any atom is -0.321 e. The lowest BCUT2D eigenvalue weighted by molar-refractivity contribution is 0.387. The molecule has 1 rings (SSSR count). The molecule has 5 heteroatoms. The number of hydrogen-bond donors (Lipinski definition) is 2. The van der Waals surface area contributed by atoms with Gasteiger partial charge in [-0.2, -0.15) is 0 Å². The van der Waals surface area contributed by atoms with Gasteiger partial charge in [-0.15, -0.1) is 0 Å². The highest BCUT2D eigenvalue weighted by Crippen LogP contribution is 2.34. The van der Waals surface area contributed by atoms with Crippen molar-refractivity contribution in [3.8, 4) is 0 Å². The van der Waals surface area contributed by atoms with Crippen molar-refractivity contribution < 1.29 is 14.4 Å². The maximum atomic E-state index is 10.7. The van der Waals surface area contributed by atoms with E-state index in [-0.39, 0.29) is 5.30 Å². The van der Waals surface area contributed by atoms with E-state index in [1.807, 2.05) is 0 Å². The van der Waals surface area contributed by atoms with Crippen molar-refractivity contribution >= 4 is 24.5 Å². The van der Waals surface area contributed by atoms with Crippen LogP contribution >= 0.6 is 19.2 Å². The second-order valence-electron chi connectivity index (χ2n) is 2.48. The molecule has 1 aromatic rings. The lowest BCUT2D eigenvalue weighted by Gasteiger charge is -2.04. The van der Waals surface area contributed by atoms with E-state index in [4.69, 9.17) is 21.4 Å². The summed E-state index contributed by atoms with van der Waals surface area (Å²) in [4.78, 5) is 17.5. The molecule has 0 fully saturated rings. The summed E-state index contributed by atoms with van der Waals surface area (Å²) in [7, 11) is -4.15. The van der Waals surface area contributed by atoms with E-state index in [1.165, 1.54) is 12.1 Å². The summed E-state index contributed by atoms with van der Waals surface area (Å²) in [6.45, 7) is 1.77. The van der Waals surface area contributed by atoms with Gasteiger partial charge in [-0.05, 0) is 24.6 Å². The predicted molar refractivity (Wildman–Crippen MR) is 47.9 cm³/mol. The van der Waals surface area contributed by atoms with Crippen LogP contribution in [-0.4, -0.2) is 9.79 Å². The molecule has 0 amide bonds. The van der Waals surface area contributed by atoms with Crippen LogP contribution in [0.25, 0.3) is 0 Å². The first-order valence-electron chi connectivity index (χ1n) is 3.23. The van der Waals surface area contributed by atoms with Crippen LogP contribution in [0.3, 0.4) is 0 Å². The fourth-order valence-electron chi connectivity index (χ4n) is 0.763. The van der Waals surface area contributed by atoms with Gasteiger partial charge in [-0.1, -0.05) is 17.7 Å². The molecule has 0 atom stereocenters. The Kier molecular flexibility index (Phi) is 2.59. The number of rotatable bonds is 1. The van der Waals surface area contributed by atoms with Crippen LogP contribution in [0, 0.1) is 6.92 Å². The Labute approximate surface area is 75.2 Å². The largest absolute Gasteiger partial charge is 0.356 e. The van der Waals surface area contributed by atoms with Crippen LogP contribution in [0.4, 0.5) is 0 Å². The van der Waals surface area contributed by atoms with Crippen molar-refractivity contribution in [3.05, 3.63) is 28.8 Å². The molecule has 2 N–H and O–H groups in total. The normalized spacial score (nSPS) is 11.7. The first kappa shape index (κ1) is 9.75. The number of aryl methyl sites for hydroxylation is 1. The average Bonchev–Trinajstić information content (AvgIpc) is 1.92.